The normalized spacial score (nSPS) is 26.2. The molecule has 0 heterocycles. The van der Waals surface area contributed by atoms with Gasteiger partial charge in [-0.1, -0.05) is 33.1 Å². The lowest BCUT2D eigenvalue weighted by molar-refractivity contribution is -0.125. The number of rotatable bonds is 6. The number of nitrogens with two attached hydrogens (primary N) is 1. The Morgan fingerprint density at radius 2 is 2.06 bits per heavy atom. The summed E-state index contributed by atoms with van der Waals surface area (Å²) in [5.41, 5.74) is 5.77. The van der Waals surface area contributed by atoms with Crippen molar-refractivity contribution >= 4 is 18.3 Å². The molecule has 4 heteroatoms. The van der Waals surface area contributed by atoms with Crippen LogP contribution in [0, 0.1) is 11.8 Å². The minimum Gasteiger partial charge on any atom is -0.353 e. The second-order valence-corrected chi connectivity index (χ2v) is 5.60. The molecule has 0 aromatic rings. The molecule has 1 rings (SSSR count). The van der Waals surface area contributed by atoms with Crippen LogP contribution in [-0.2, 0) is 4.79 Å². The van der Waals surface area contributed by atoms with Gasteiger partial charge in [-0.25, -0.2) is 0 Å². The van der Waals surface area contributed by atoms with Gasteiger partial charge in [0, 0.05) is 18.0 Å². The number of unbranched alkanes of at least 4 members (excludes halogenated alkanes) is 1. The van der Waals surface area contributed by atoms with Gasteiger partial charge in [-0.05, 0) is 32.1 Å². The zero-order valence-electron chi connectivity index (χ0n) is 11.9. The number of nitrogens with one attached hydrogen (secondary N) is 1. The molecule has 4 atom stereocenters. The van der Waals surface area contributed by atoms with Crippen LogP contribution < -0.4 is 11.1 Å². The van der Waals surface area contributed by atoms with Crippen LogP contribution in [-0.4, -0.2) is 18.0 Å². The van der Waals surface area contributed by atoms with Crippen LogP contribution in [0.25, 0.3) is 0 Å². The van der Waals surface area contributed by atoms with Crippen molar-refractivity contribution in [2.45, 2.75) is 71.4 Å². The van der Waals surface area contributed by atoms with Crippen molar-refractivity contribution in [2.75, 3.05) is 0 Å². The SMILES string of the molecule is CCCCC1CCCC1NC(=O)C(C)C(C)N.Cl. The molecule has 3 nitrogen and oxygen atoms in total. The Balaban J connectivity index is 0.00000289. The lowest BCUT2D eigenvalue weighted by Crippen LogP contribution is -2.44. The van der Waals surface area contributed by atoms with Gasteiger partial charge in [0.1, 0.15) is 0 Å². The molecule has 108 valence electrons. The standard InChI is InChI=1S/C14H28N2O.ClH/c1-4-5-7-12-8-6-9-13(12)16-14(17)10(2)11(3)15;/h10-13H,4-9,15H2,1-3H3,(H,16,17);1H. The Kier molecular flexibility index (Phi) is 8.62. The third-order valence-corrected chi connectivity index (χ3v) is 4.12. The zero-order chi connectivity index (χ0) is 12.8. The van der Waals surface area contributed by atoms with E-state index in [9.17, 15) is 4.79 Å². The zero-order valence-corrected chi connectivity index (χ0v) is 12.8. The maximum absolute atomic E-state index is 12.0. The van der Waals surface area contributed by atoms with E-state index in [-0.39, 0.29) is 30.3 Å². The third-order valence-electron chi connectivity index (χ3n) is 4.12. The molecular weight excluding hydrogens is 248 g/mol. The fourth-order valence-corrected chi connectivity index (χ4v) is 2.59. The summed E-state index contributed by atoms with van der Waals surface area (Å²) in [6.45, 7) is 6.03. The van der Waals surface area contributed by atoms with Crippen molar-refractivity contribution in [1.82, 2.24) is 5.32 Å². The quantitative estimate of drug-likeness (QED) is 0.784. The smallest absolute Gasteiger partial charge is 0.224 e. The molecule has 0 bridgehead atoms. The second kappa shape index (κ2) is 8.76. The van der Waals surface area contributed by atoms with Crippen LogP contribution in [0.15, 0.2) is 0 Å². The van der Waals surface area contributed by atoms with Crippen molar-refractivity contribution < 1.29 is 4.79 Å². The van der Waals surface area contributed by atoms with Crippen LogP contribution >= 0.6 is 12.4 Å². The highest BCUT2D eigenvalue weighted by Crippen LogP contribution is 2.30. The summed E-state index contributed by atoms with van der Waals surface area (Å²) in [6, 6.07) is 0.334. The third kappa shape index (κ3) is 5.15. The highest BCUT2D eigenvalue weighted by atomic mass is 35.5. The Morgan fingerprint density at radius 1 is 1.39 bits per heavy atom. The largest absolute Gasteiger partial charge is 0.353 e. The van der Waals surface area contributed by atoms with Crippen LogP contribution in [0.4, 0.5) is 0 Å². The summed E-state index contributed by atoms with van der Waals surface area (Å²) in [7, 11) is 0. The van der Waals surface area contributed by atoms with E-state index < -0.39 is 0 Å². The Labute approximate surface area is 118 Å². The molecule has 18 heavy (non-hydrogen) atoms. The van der Waals surface area contributed by atoms with Gasteiger partial charge in [-0.15, -0.1) is 12.4 Å². The summed E-state index contributed by atoms with van der Waals surface area (Å²) in [6.07, 6.45) is 7.45. The number of halogens is 1. The molecule has 0 saturated heterocycles. The van der Waals surface area contributed by atoms with E-state index in [0.717, 1.165) is 6.42 Å². The molecule has 1 aliphatic carbocycles. The lowest BCUT2D eigenvalue weighted by atomic mass is 9.95. The van der Waals surface area contributed by atoms with Crippen molar-refractivity contribution in [3.05, 3.63) is 0 Å². The predicted molar refractivity (Wildman–Crippen MR) is 78.9 cm³/mol. The molecule has 0 aliphatic heterocycles. The monoisotopic (exact) mass is 276 g/mol. The minimum absolute atomic E-state index is 0. The summed E-state index contributed by atoms with van der Waals surface area (Å²) in [5.74, 6) is 0.745. The topological polar surface area (TPSA) is 55.1 Å². The first-order chi connectivity index (χ1) is 8.06. The molecule has 1 aliphatic rings. The first-order valence-corrected chi connectivity index (χ1v) is 7.12. The number of hydrogen-bond acceptors (Lipinski definition) is 2. The van der Waals surface area contributed by atoms with Gasteiger partial charge in [0.15, 0.2) is 0 Å². The van der Waals surface area contributed by atoms with Crippen LogP contribution in [0.2, 0.25) is 0 Å². The second-order valence-electron chi connectivity index (χ2n) is 5.60. The van der Waals surface area contributed by atoms with Gasteiger partial charge < -0.3 is 11.1 Å². The van der Waals surface area contributed by atoms with E-state index in [1.807, 2.05) is 13.8 Å². The van der Waals surface area contributed by atoms with Gasteiger partial charge in [0.05, 0.1) is 0 Å². The van der Waals surface area contributed by atoms with Crippen LogP contribution in [0.5, 0.6) is 0 Å². The summed E-state index contributed by atoms with van der Waals surface area (Å²) in [4.78, 5) is 12.0. The molecular formula is C14H29ClN2O. The maximum atomic E-state index is 12.0. The van der Waals surface area contributed by atoms with Crippen LogP contribution in [0.3, 0.4) is 0 Å². The molecule has 0 spiro atoms. The molecule has 0 aromatic heterocycles. The van der Waals surface area contributed by atoms with Gasteiger partial charge in [0.2, 0.25) is 5.91 Å². The molecule has 1 saturated carbocycles. The molecule has 3 N–H and O–H groups in total. The molecule has 4 unspecified atom stereocenters. The minimum atomic E-state index is -0.0811. The summed E-state index contributed by atoms with van der Waals surface area (Å²) < 4.78 is 0. The van der Waals surface area contributed by atoms with E-state index >= 15 is 0 Å². The first kappa shape index (κ1) is 17.7. The molecule has 1 amide bonds. The molecule has 0 aromatic carbocycles. The first-order valence-electron chi connectivity index (χ1n) is 7.12. The Bertz CT molecular complexity index is 246. The molecule has 1 fully saturated rings. The highest BCUT2D eigenvalue weighted by Gasteiger charge is 2.29. The highest BCUT2D eigenvalue weighted by molar-refractivity contribution is 5.85. The van der Waals surface area contributed by atoms with E-state index in [4.69, 9.17) is 5.73 Å². The van der Waals surface area contributed by atoms with Crippen LogP contribution in [0.1, 0.15) is 59.3 Å². The summed E-state index contributed by atoms with van der Waals surface area (Å²) in [5, 5.41) is 3.20. The van der Waals surface area contributed by atoms with Gasteiger partial charge in [-0.2, -0.15) is 0 Å². The van der Waals surface area contributed by atoms with E-state index in [0.29, 0.717) is 12.0 Å². The lowest BCUT2D eigenvalue weighted by Gasteiger charge is -2.24. The van der Waals surface area contributed by atoms with E-state index in [1.165, 1.54) is 32.1 Å². The fourth-order valence-electron chi connectivity index (χ4n) is 2.59. The van der Waals surface area contributed by atoms with Crippen molar-refractivity contribution in [3.63, 3.8) is 0 Å². The number of hydrogen-bond donors (Lipinski definition) is 2. The fraction of sp³-hybridized carbons (Fsp3) is 0.929. The predicted octanol–water partition coefficient (Wildman–Crippen LogP) is 2.87. The summed E-state index contributed by atoms with van der Waals surface area (Å²) >= 11 is 0. The average molecular weight is 277 g/mol. The van der Waals surface area contributed by atoms with E-state index in [1.54, 1.807) is 0 Å². The Hall–Kier alpha value is -0.280. The van der Waals surface area contributed by atoms with Crippen molar-refractivity contribution in [1.29, 1.82) is 0 Å². The van der Waals surface area contributed by atoms with E-state index in [2.05, 4.69) is 12.2 Å². The number of carbonyl (C=O) groups excluding carboxylic acids is 1. The Morgan fingerprint density at radius 3 is 2.61 bits per heavy atom. The van der Waals surface area contributed by atoms with Gasteiger partial charge in [0.25, 0.3) is 0 Å². The maximum Gasteiger partial charge on any atom is 0.224 e. The van der Waals surface area contributed by atoms with Crippen molar-refractivity contribution in [2.24, 2.45) is 17.6 Å². The molecule has 0 radical (unpaired) electrons. The average Bonchev–Trinajstić information content (AvgIpc) is 2.72. The number of carbonyl (C=O) groups is 1. The van der Waals surface area contributed by atoms with Gasteiger partial charge >= 0.3 is 0 Å². The van der Waals surface area contributed by atoms with Crippen molar-refractivity contribution in [3.8, 4) is 0 Å². The number of amides is 1. The van der Waals surface area contributed by atoms with Gasteiger partial charge in [-0.3, -0.25) is 4.79 Å².